The molecule has 3 unspecified atom stereocenters. The Labute approximate surface area is 272 Å². The molecule has 2 amide bonds. The number of carbonyl (C=O) groups excluding carboxylic acids is 2. The summed E-state index contributed by atoms with van der Waals surface area (Å²) in [5.41, 5.74) is 11.0. The van der Waals surface area contributed by atoms with Crippen LogP contribution in [0.2, 0.25) is 0 Å². The molecule has 0 bridgehead atoms. The van der Waals surface area contributed by atoms with Crippen LogP contribution in [0.3, 0.4) is 0 Å². The van der Waals surface area contributed by atoms with Crippen LogP contribution in [-0.2, 0) is 32.2 Å². The van der Waals surface area contributed by atoms with Gasteiger partial charge in [-0.05, 0) is 67.6 Å². The lowest BCUT2D eigenvalue weighted by atomic mass is 9.99. The van der Waals surface area contributed by atoms with Gasteiger partial charge in [0.25, 0.3) is 0 Å². The third kappa shape index (κ3) is 10.1. The van der Waals surface area contributed by atoms with Crippen LogP contribution < -0.4 is 16.4 Å². The van der Waals surface area contributed by atoms with Gasteiger partial charge in [-0.25, -0.2) is 0 Å². The van der Waals surface area contributed by atoms with Gasteiger partial charge in [0.2, 0.25) is 11.8 Å². The average molecular weight is 629 g/mol. The van der Waals surface area contributed by atoms with Crippen molar-refractivity contribution in [2.24, 2.45) is 0 Å². The van der Waals surface area contributed by atoms with E-state index in [2.05, 4.69) is 15.5 Å². The van der Waals surface area contributed by atoms with E-state index in [0.717, 1.165) is 61.2 Å². The number of benzene rings is 3. The highest BCUT2D eigenvalue weighted by molar-refractivity contribution is 5.93. The number of nitrogens with zero attached hydrogens (tertiary/aromatic N) is 1. The number of rotatable bonds is 14. The smallest absolute Gasteiger partial charge is 0.224 e. The van der Waals surface area contributed by atoms with Crippen LogP contribution in [0.5, 0.6) is 0 Å². The Morgan fingerprint density at radius 3 is 2.20 bits per heavy atom. The van der Waals surface area contributed by atoms with E-state index in [9.17, 15) is 14.7 Å². The largest absolute Gasteiger partial charge is 0.397 e. The second-order valence-corrected chi connectivity index (χ2v) is 12.4. The molecule has 2 fully saturated rings. The van der Waals surface area contributed by atoms with Gasteiger partial charge in [-0.1, -0.05) is 73.5 Å². The number of nitrogens with one attached hydrogen (secondary N) is 2. The normalized spacial score (nSPS) is 20.2. The summed E-state index contributed by atoms with van der Waals surface area (Å²) < 4.78 is 13.0. The first kappa shape index (κ1) is 33.6. The number of unbranched alkanes of at least 4 members (excludes halogenated alkanes) is 2. The average Bonchev–Trinajstić information content (AvgIpc) is 3.09. The standard InChI is InChI=1S/C37H48N4O5/c38-32-9-5-6-10-33(32)40-36(44)12-4-1-3-11-35(43)39-24-27-13-19-30(20-14-27)37-45-31(25-41-21-7-2-8-22-41)23-34(46-37)29-17-15-28(26-42)16-18-29/h5-6,9-10,13-20,31,34,37,42H,1-4,7-8,11-12,21-26,38H2,(H,39,43)(H,40,44). The second kappa shape index (κ2) is 17.2. The van der Waals surface area contributed by atoms with Crippen molar-refractivity contribution in [3.63, 3.8) is 0 Å². The minimum atomic E-state index is -0.484. The molecule has 9 nitrogen and oxygen atoms in total. The summed E-state index contributed by atoms with van der Waals surface area (Å²) in [6, 6.07) is 23.3. The molecule has 0 aliphatic carbocycles. The maximum atomic E-state index is 12.5. The number of para-hydroxylation sites is 2. The van der Waals surface area contributed by atoms with Crippen LogP contribution in [0.1, 0.15) is 92.4 Å². The van der Waals surface area contributed by atoms with Gasteiger partial charge in [0.05, 0.1) is 30.2 Å². The number of carbonyl (C=O) groups is 2. The lowest BCUT2D eigenvalue weighted by molar-refractivity contribution is -0.253. The fourth-order valence-electron chi connectivity index (χ4n) is 6.12. The molecule has 5 N–H and O–H groups in total. The Bertz CT molecular complexity index is 1390. The van der Waals surface area contributed by atoms with E-state index in [1.807, 2.05) is 60.7 Å². The summed E-state index contributed by atoms with van der Waals surface area (Å²) in [5.74, 6) is -0.0697. The van der Waals surface area contributed by atoms with E-state index >= 15 is 0 Å². The van der Waals surface area contributed by atoms with Gasteiger partial charge in [0.1, 0.15) is 0 Å². The zero-order valence-corrected chi connectivity index (χ0v) is 26.7. The number of ether oxygens (including phenoxy) is 2. The first-order valence-electron chi connectivity index (χ1n) is 16.7. The number of likely N-dealkylation sites (tertiary alicyclic amines) is 1. The first-order chi connectivity index (χ1) is 22.5. The minimum Gasteiger partial charge on any atom is -0.397 e. The quantitative estimate of drug-likeness (QED) is 0.128. The lowest BCUT2D eigenvalue weighted by Crippen LogP contribution is -2.41. The van der Waals surface area contributed by atoms with Crippen LogP contribution in [0, 0.1) is 0 Å². The molecule has 2 aliphatic heterocycles. The van der Waals surface area contributed by atoms with Crippen molar-refractivity contribution in [2.45, 2.75) is 89.4 Å². The predicted molar refractivity (Wildman–Crippen MR) is 180 cm³/mol. The van der Waals surface area contributed by atoms with Crippen LogP contribution in [0.25, 0.3) is 0 Å². The van der Waals surface area contributed by atoms with Gasteiger partial charge in [-0.2, -0.15) is 0 Å². The fourth-order valence-corrected chi connectivity index (χ4v) is 6.12. The van der Waals surface area contributed by atoms with Crippen LogP contribution in [0.15, 0.2) is 72.8 Å². The molecule has 0 radical (unpaired) electrons. The molecule has 0 aromatic heterocycles. The molecule has 9 heteroatoms. The second-order valence-electron chi connectivity index (χ2n) is 12.4. The molecule has 0 saturated carbocycles. The predicted octanol–water partition coefficient (Wildman–Crippen LogP) is 6.00. The van der Waals surface area contributed by atoms with E-state index in [1.165, 1.54) is 19.3 Å². The Balaban J connectivity index is 1.07. The van der Waals surface area contributed by atoms with Gasteiger partial charge >= 0.3 is 0 Å². The summed E-state index contributed by atoms with van der Waals surface area (Å²) in [7, 11) is 0. The highest BCUT2D eigenvalue weighted by Crippen LogP contribution is 2.38. The number of aliphatic hydroxyl groups excluding tert-OH is 1. The maximum Gasteiger partial charge on any atom is 0.224 e. The molecule has 5 rings (SSSR count). The number of aliphatic hydroxyl groups is 1. The van der Waals surface area contributed by atoms with E-state index < -0.39 is 6.29 Å². The van der Waals surface area contributed by atoms with Crippen LogP contribution >= 0.6 is 0 Å². The van der Waals surface area contributed by atoms with Crippen molar-refractivity contribution in [3.05, 3.63) is 95.1 Å². The molecule has 2 heterocycles. The van der Waals surface area contributed by atoms with Crippen molar-refractivity contribution in [2.75, 3.05) is 30.7 Å². The Kier molecular flexibility index (Phi) is 12.6. The first-order valence-corrected chi connectivity index (χ1v) is 16.7. The summed E-state index contributed by atoms with van der Waals surface area (Å²) in [4.78, 5) is 27.1. The molecule has 3 aromatic rings. The Morgan fingerprint density at radius 2 is 1.48 bits per heavy atom. The molecule has 246 valence electrons. The highest BCUT2D eigenvalue weighted by atomic mass is 16.7. The number of nitrogen functional groups attached to an aromatic ring is 1. The fraction of sp³-hybridized carbons (Fsp3) is 0.459. The van der Waals surface area contributed by atoms with Crippen molar-refractivity contribution in [1.82, 2.24) is 10.2 Å². The molecule has 2 saturated heterocycles. The number of anilines is 2. The molecule has 3 aromatic carbocycles. The molecular weight excluding hydrogens is 580 g/mol. The minimum absolute atomic E-state index is 0.000136. The van der Waals surface area contributed by atoms with Crippen molar-refractivity contribution < 1.29 is 24.2 Å². The van der Waals surface area contributed by atoms with Gasteiger partial charge in [-0.15, -0.1) is 0 Å². The van der Waals surface area contributed by atoms with E-state index in [4.69, 9.17) is 15.2 Å². The number of amides is 2. The zero-order chi connectivity index (χ0) is 32.1. The number of piperidine rings is 1. The van der Waals surface area contributed by atoms with Gasteiger partial charge < -0.3 is 35.8 Å². The van der Waals surface area contributed by atoms with Gasteiger partial charge in [0, 0.05) is 37.9 Å². The molecule has 3 atom stereocenters. The third-order valence-electron chi connectivity index (χ3n) is 8.81. The van der Waals surface area contributed by atoms with Crippen LogP contribution in [-0.4, -0.2) is 47.6 Å². The Morgan fingerprint density at radius 1 is 0.804 bits per heavy atom. The summed E-state index contributed by atoms with van der Waals surface area (Å²) in [6.07, 6.45) is 7.08. The van der Waals surface area contributed by atoms with Crippen LogP contribution in [0.4, 0.5) is 11.4 Å². The van der Waals surface area contributed by atoms with Crippen molar-refractivity contribution in [1.29, 1.82) is 0 Å². The molecule has 0 spiro atoms. The summed E-state index contributed by atoms with van der Waals surface area (Å²) in [6.45, 7) is 3.59. The highest BCUT2D eigenvalue weighted by Gasteiger charge is 2.33. The van der Waals surface area contributed by atoms with E-state index in [1.54, 1.807) is 12.1 Å². The summed E-state index contributed by atoms with van der Waals surface area (Å²) >= 11 is 0. The molecular formula is C37H48N4O5. The van der Waals surface area contributed by atoms with Crippen molar-refractivity contribution >= 4 is 23.2 Å². The number of hydrogen-bond acceptors (Lipinski definition) is 7. The van der Waals surface area contributed by atoms with Gasteiger partial charge in [0.15, 0.2) is 6.29 Å². The molecule has 2 aliphatic rings. The monoisotopic (exact) mass is 628 g/mol. The molecule has 46 heavy (non-hydrogen) atoms. The Hall–Kier alpha value is -3.76. The number of hydrogen-bond donors (Lipinski definition) is 4. The maximum absolute atomic E-state index is 12.5. The zero-order valence-electron chi connectivity index (χ0n) is 26.7. The van der Waals surface area contributed by atoms with E-state index in [-0.39, 0.29) is 30.6 Å². The SMILES string of the molecule is Nc1ccccc1NC(=O)CCCCCC(=O)NCc1ccc(C2OC(CN3CCCCC3)CC(c3ccc(CO)cc3)O2)cc1. The van der Waals surface area contributed by atoms with Gasteiger partial charge in [-0.3, -0.25) is 9.59 Å². The van der Waals surface area contributed by atoms with Crippen molar-refractivity contribution in [3.8, 4) is 0 Å². The number of nitrogens with two attached hydrogens (primary N) is 1. The summed E-state index contributed by atoms with van der Waals surface area (Å²) in [5, 5.41) is 15.3. The topological polar surface area (TPSA) is 126 Å². The lowest BCUT2D eigenvalue weighted by Gasteiger charge is -2.39. The van der Waals surface area contributed by atoms with E-state index in [0.29, 0.717) is 37.2 Å². The third-order valence-corrected chi connectivity index (χ3v) is 8.81.